The lowest BCUT2D eigenvalue weighted by atomic mass is 10.1. The van der Waals surface area contributed by atoms with Gasteiger partial charge in [-0.3, -0.25) is 4.79 Å². The first kappa shape index (κ1) is 18.9. The molecule has 0 aliphatic heterocycles. The second kappa shape index (κ2) is 8.18. The highest BCUT2D eigenvalue weighted by molar-refractivity contribution is 6.31. The normalized spacial score (nSPS) is 10.5. The highest BCUT2D eigenvalue weighted by Crippen LogP contribution is 2.24. The minimum absolute atomic E-state index is 0.246. The van der Waals surface area contributed by atoms with Crippen LogP contribution in [0.15, 0.2) is 48.8 Å². The summed E-state index contributed by atoms with van der Waals surface area (Å²) in [6.07, 6.45) is 3.02. The lowest BCUT2D eigenvalue weighted by Gasteiger charge is -2.13. The summed E-state index contributed by atoms with van der Waals surface area (Å²) in [6, 6.07) is 11.6. The van der Waals surface area contributed by atoms with Crippen LogP contribution in [0.3, 0.4) is 0 Å². The monoisotopic (exact) mass is 380 g/mol. The van der Waals surface area contributed by atoms with Crippen LogP contribution in [0.2, 0.25) is 5.02 Å². The minimum Gasteiger partial charge on any atom is -0.348 e. The molecule has 2 aromatic carbocycles. The molecule has 1 amide bonds. The number of hydrogen-bond acceptors (Lipinski definition) is 4. The average molecular weight is 381 g/mol. The van der Waals surface area contributed by atoms with E-state index in [1.165, 1.54) is 18.0 Å². The topological polar surface area (TPSA) is 66.9 Å². The maximum Gasteiger partial charge on any atom is 0.254 e. The molecule has 0 aliphatic carbocycles. The number of halogens is 1. The van der Waals surface area contributed by atoms with E-state index in [4.69, 9.17) is 11.6 Å². The number of rotatable bonds is 5. The van der Waals surface area contributed by atoms with Gasteiger partial charge in [0.1, 0.15) is 0 Å². The van der Waals surface area contributed by atoms with Gasteiger partial charge in [0.05, 0.1) is 5.56 Å². The van der Waals surface area contributed by atoms with E-state index in [0.717, 1.165) is 22.4 Å². The summed E-state index contributed by atoms with van der Waals surface area (Å²) in [5, 5.41) is 6.68. The van der Waals surface area contributed by atoms with Crippen molar-refractivity contribution < 1.29 is 4.79 Å². The fraction of sp³-hybridized carbons (Fsp3) is 0.190. The molecule has 1 heterocycles. The number of nitrogens with zero attached hydrogens (tertiary/aromatic N) is 2. The molecule has 2 N–H and O–H groups in total. The van der Waals surface area contributed by atoms with Gasteiger partial charge in [-0.15, -0.1) is 0 Å². The van der Waals surface area contributed by atoms with Gasteiger partial charge in [-0.1, -0.05) is 47.5 Å². The van der Waals surface area contributed by atoms with E-state index in [1.54, 1.807) is 6.07 Å². The number of benzene rings is 2. The van der Waals surface area contributed by atoms with Crippen molar-refractivity contribution in [3.8, 4) is 0 Å². The summed E-state index contributed by atoms with van der Waals surface area (Å²) in [6.45, 7) is 6.49. The Hall–Kier alpha value is -2.92. The van der Waals surface area contributed by atoms with Crippen molar-refractivity contribution in [2.24, 2.45) is 0 Å². The third-order valence-electron chi connectivity index (χ3n) is 4.23. The van der Waals surface area contributed by atoms with Gasteiger partial charge in [0, 0.05) is 29.6 Å². The third-order valence-corrected chi connectivity index (χ3v) is 4.59. The fourth-order valence-electron chi connectivity index (χ4n) is 2.92. The van der Waals surface area contributed by atoms with Crippen LogP contribution >= 0.6 is 11.6 Å². The van der Waals surface area contributed by atoms with E-state index < -0.39 is 0 Å². The Morgan fingerprint density at radius 2 is 1.67 bits per heavy atom. The molecule has 3 rings (SSSR count). The molecular formula is C21H21ClN4O. The number of hydrogen-bond donors (Lipinski definition) is 2. The lowest BCUT2D eigenvalue weighted by molar-refractivity contribution is 0.0950. The maximum absolute atomic E-state index is 12.3. The van der Waals surface area contributed by atoms with E-state index in [9.17, 15) is 4.79 Å². The van der Waals surface area contributed by atoms with E-state index in [2.05, 4.69) is 39.7 Å². The number of nitrogens with one attached hydrogen (secondary N) is 2. The van der Waals surface area contributed by atoms with Gasteiger partial charge < -0.3 is 10.6 Å². The number of amides is 1. The second-order valence-electron chi connectivity index (χ2n) is 6.47. The van der Waals surface area contributed by atoms with Crippen molar-refractivity contribution >= 4 is 29.1 Å². The summed E-state index contributed by atoms with van der Waals surface area (Å²) in [5.74, 6) is 0.205. The van der Waals surface area contributed by atoms with Crippen LogP contribution in [0, 0.1) is 20.8 Å². The zero-order chi connectivity index (χ0) is 19.4. The van der Waals surface area contributed by atoms with E-state index >= 15 is 0 Å². The molecule has 27 heavy (non-hydrogen) atoms. The van der Waals surface area contributed by atoms with Gasteiger partial charge in [-0.25, -0.2) is 9.97 Å². The predicted molar refractivity (Wildman–Crippen MR) is 109 cm³/mol. The predicted octanol–water partition coefficient (Wildman–Crippen LogP) is 4.73. The van der Waals surface area contributed by atoms with Crippen LogP contribution in [-0.4, -0.2) is 15.9 Å². The molecule has 0 fully saturated rings. The van der Waals surface area contributed by atoms with Crippen molar-refractivity contribution in [1.29, 1.82) is 0 Å². The fourth-order valence-corrected chi connectivity index (χ4v) is 3.12. The van der Waals surface area contributed by atoms with Crippen molar-refractivity contribution in [2.75, 3.05) is 5.32 Å². The average Bonchev–Trinajstić information content (AvgIpc) is 2.64. The van der Waals surface area contributed by atoms with E-state index in [0.29, 0.717) is 23.1 Å². The number of aromatic nitrogens is 2. The van der Waals surface area contributed by atoms with Crippen molar-refractivity contribution in [3.63, 3.8) is 0 Å². The zero-order valence-electron chi connectivity index (χ0n) is 15.5. The van der Waals surface area contributed by atoms with Crippen LogP contribution in [0.4, 0.5) is 11.6 Å². The van der Waals surface area contributed by atoms with Crippen LogP contribution in [0.25, 0.3) is 0 Å². The lowest BCUT2D eigenvalue weighted by Crippen LogP contribution is -2.23. The molecule has 0 radical (unpaired) electrons. The first-order chi connectivity index (χ1) is 12.9. The Bertz CT molecular complexity index is 947. The third kappa shape index (κ3) is 4.63. The number of carbonyl (C=O) groups is 1. The molecule has 0 spiro atoms. The van der Waals surface area contributed by atoms with Gasteiger partial charge in [0.15, 0.2) is 0 Å². The van der Waals surface area contributed by atoms with Crippen LogP contribution in [0.1, 0.15) is 32.6 Å². The molecule has 5 nitrogen and oxygen atoms in total. The number of anilines is 2. The molecule has 138 valence electrons. The van der Waals surface area contributed by atoms with Gasteiger partial charge in [0.25, 0.3) is 5.91 Å². The van der Waals surface area contributed by atoms with Crippen molar-refractivity contribution in [3.05, 3.63) is 81.6 Å². The van der Waals surface area contributed by atoms with Crippen molar-refractivity contribution in [1.82, 2.24) is 15.3 Å². The number of carbonyl (C=O) groups excluding carboxylic acids is 1. The Morgan fingerprint density at radius 3 is 2.30 bits per heavy atom. The van der Waals surface area contributed by atoms with Gasteiger partial charge in [-0.05, 0) is 43.5 Å². The first-order valence-corrected chi connectivity index (χ1v) is 9.00. The summed E-state index contributed by atoms with van der Waals surface area (Å²) < 4.78 is 0. The SMILES string of the molecule is Cc1cc(C)c(Nc2ncc(C(=O)NCc3ccccc3Cl)cn2)c(C)c1. The summed E-state index contributed by atoms with van der Waals surface area (Å²) >= 11 is 6.10. The Kier molecular flexibility index (Phi) is 5.72. The standard InChI is InChI=1S/C21H21ClN4O/c1-13-8-14(2)19(15(3)9-13)26-21-24-11-17(12-25-21)20(27)23-10-16-6-4-5-7-18(16)22/h4-9,11-12H,10H2,1-3H3,(H,23,27)(H,24,25,26). The smallest absolute Gasteiger partial charge is 0.254 e. The maximum atomic E-state index is 12.3. The molecule has 0 saturated carbocycles. The molecule has 0 saturated heterocycles. The van der Waals surface area contributed by atoms with E-state index in [1.807, 2.05) is 32.0 Å². The molecular weight excluding hydrogens is 360 g/mol. The van der Waals surface area contributed by atoms with Crippen LogP contribution in [-0.2, 0) is 6.54 Å². The zero-order valence-corrected chi connectivity index (χ0v) is 16.3. The minimum atomic E-state index is -0.246. The first-order valence-electron chi connectivity index (χ1n) is 8.62. The van der Waals surface area contributed by atoms with Crippen LogP contribution < -0.4 is 10.6 Å². The molecule has 3 aromatic rings. The summed E-state index contributed by atoms with van der Waals surface area (Å²) in [7, 11) is 0. The summed E-state index contributed by atoms with van der Waals surface area (Å²) in [4.78, 5) is 20.8. The Labute approximate surface area is 163 Å². The van der Waals surface area contributed by atoms with Gasteiger partial charge >= 0.3 is 0 Å². The summed E-state index contributed by atoms with van der Waals surface area (Å²) in [5.41, 5.74) is 5.69. The molecule has 0 aliphatic rings. The largest absolute Gasteiger partial charge is 0.348 e. The molecule has 6 heteroatoms. The van der Waals surface area contributed by atoms with Gasteiger partial charge in [0.2, 0.25) is 5.95 Å². The molecule has 0 bridgehead atoms. The van der Waals surface area contributed by atoms with E-state index in [-0.39, 0.29) is 5.91 Å². The number of aryl methyl sites for hydroxylation is 3. The highest BCUT2D eigenvalue weighted by atomic mass is 35.5. The second-order valence-corrected chi connectivity index (χ2v) is 6.88. The highest BCUT2D eigenvalue weighted by Gasteiger charge is 2.10. The Morgan fingerprint density at radius 1 is 1.04 bits per heavy atom. The van der Waals surface area contributed by atoms with Gasteiger partial charge in [-0.2, -0.15) is 0 Å². The van der Waals surface area contributed by atoms with Crippen molar-refractivity contribution in [2.45, 2.75) is 27.3 Å². The quantitative estimate of drug-likeness (QED) is 0.671. The molecule has 0 unspecified atom stereocenters. The van der Waals surface area contributed by atoms with Crippen LogP contribution in [0.5, 0.6) is 0 Å². The Balaban J connectivity index is 1.66. The molecule has 1 aromatic heterocycles. The molecule has 0 atom stereocenters.